The third kappa shape index (κ3) is 5.48. The van der Waals surface area contributed by atoms with Gasteiger partial charge in [-0.3, -0.25) is 4.68 Å². The van der Waals surface area contributed by atoms with E-state index in [-0.39, 0.29) is 11.3 Å². The van der Waals surface area contributed by atoms with Crippen LogP contribution in [0.5, 0.6) is 0 Å². The van der Waals surface area contributed by atoms with Crippen molar-refractivity contribution in [1.82, 2.24) is 9.78 Å². The van der Waals surface area contributed by atoms with E-state index in [1.165, 1.54) is 11.8 Å². The van der Waals surface area contributed by atoms with E-state index in [0.717, 1.165) is 5.56 Å². The van der Waals surface area contributed by atoms with E-state index in [4.69, 9.17) is 0 Å². The van der Waals surface area contributed by atoms with E-state index in [9.17, 15) is 13.2 Å². The van der Waals surface area contributed by atoms with Crippen molar-refractivity contribution in [3.63, 3.8) is 0 Å². The van der Waals surface area contributed by atoms with Crippen LogP contribution in [0.15, 0.2) is 12.4 Å². The lowest BCUT2D eigenvalue weighted by atomic mass is 10.1. The predicted octanol–water partition coefficient (Wildman–Crippen LogP) is 3.82. The number of thioether (sulfide) groups is 1. The lowest BCUT2D eigenvalue weighted by molar-refractivity contribution is -0.129. The van der Waals surface area contributed by atoms with Crippen LogP contribution in [0.4, 0.5) is 13.2 Å². The molecule has 0 spiro atoms. The number of nitrogens with zero attached hydrogens (tertiary/aromatic N) is 2. The molecule has 1 rings (SSSR count). The fourth-order valence-corrected chi connectivity index (χ4v) is 2.08. The van der Waals surface area contributed by atoms with Gasteiger partial charge in [0.25, 0.3) is 0 Å². The van der Waals surface area contributed by atoms with E-state index >= 15 is 0 Å². The third-order valence-electron chi connectivity index (χ3n) is 2.12. The Hall–Kier alpha value is -0.650. The molecule has 0 bridgehead atoms. The molecule has 0 amide bonds. The third-order valence-corrected chi connectivity index (χ3v) is 3.15. The van der Waals surface area contributed by atoms with Crippen LogP contribution in [-0.4, -0.2) is 21.7 Å². The van der Waals surface area contributed by atoms with Crippen molar-refractivity contribution in [2.45, 2.75) is 44.7 Å². The maximum atomic E-state index is 11.9. The van der Waals surface area contributed by atoms with Gasteiger partial charge in [0, 0.05) is 17.7 Å². The molecule has 0 aliphatic carbocycles. The number of aromatic nitrogens is 2. The highest BCUT2D eigenvalue weighted by Crippen LogP contribution is 2.24. The monoisotopic (exact) mass is 266 g/mol. The first-order chi connectivity index (χ1) is 7.68. The van der Waals surface area contributed by atoms with Gasteiger partial charge in [0.2, 0.25) is 0 Å². The summed E-state index contributed by atoms with van der Waals surface area (Å²) in [5, 5.41) is 4.20. The molecule has 0 saturated carbocycles. The van der Waals surface area contributed by atoms with Crippen LogP contribution >= 0.6 is 11.8 Å². The van der Waals surface area contributed by atoms with Gasteiger partial charge in [0.15, 0.2) is 0 Å². The number of hydrogen-bond acceptors (Lipinski definition) is 2. The van der Waals surface area contributed by atoms with Crippen LogP contribution in [0, 0.1) is 0 Å². The standard InChI is InChI=1S/C11H17F3N2S/c1-10(2,3)16-7-9(6-15-16)8-17-5-4-11(12,13)14/h6-7H,4-5,8H2,1-3H3. The summed E-state index contributed by atoms with van der Waals surface area (Å²) in [5.74, 6) is 0.677. The fourth-order valence-electron chi connectivity index (χ4n) is 1.18. The minimum atomic E-state index is -4.05. The molecule has 1 heterocycles. The van der Waals surface area contributed by atoms with Gasteiger partial charge in [-0.15, -0.1) is 0 Å². The Morgan fingerprint density at radius 2 is 1.94 bits per heavy atom. The lowest BCUT2D eigenvalue weighted by Crippen LogP contribution is -2.21. The average Bonchev–Trinajstić information content (AvgIpc) is 2.58. The Labute approximate surface area is 104 Å². The number of rotatable bonds is 4. The molecular formula is C11H17F3N2S. The first-order valence-corrected chi connectivity index (χ1v) is 6.52. The molecule has 0 saturated heterocycles. The Bertz CT molecular complexity index is 352. The van der Waals surface area contributed by atoms with Crippen molar-refractivity contribution in [3.8, 4) is 0 Å². The highest BCUT2D eigenvalue weighted by molar-refractivity contribution is 7.98. The summed E-state index contributed by atoms with van der Waals surface area (Å²) in [7, 11) is 0. The molecular weight excluding hydrogens is 249 g/mol. The quantitative estimate of drug-likeness (QED) is 0.771. The topological polar surface area (TPSA) is 17.8 Å². The Morgan fingerprint density at radius 1 is 1.29 bits per heavy atom. The highest BCUT2D eigenvalue weighted by Gasteiger charge is 2.26. The molecule has 0 aliphatic heterocycles. The summed E-state index contributed by atoms with van der Waals surface area (Å²) in [4.78, 5) is 0. The SMILES string of the molecule is CC(C)(C)n1cc(CSCCC(F)(F)F)cn1. The smallest absolute Gasteiger partial charge is 0.267 e. The van der Waals surface area contributed by atoms with Crippen molar-refractivity contribution in [2.24, 2.45) is 0 Å². The predicted molar refractivity (Wildman–Crippen MR) is 64.1 cm³/mol. The minimum Gasteiger partial charge on any atom is -0.267 e. The molecule has 0 aliphatic rings. The van der Waals surface area contributed by atoms with Gasteiger partial charge in [-0.2, -0.15) is 30.0 Å². The van der Waals surface area contributed by atoms with Gasteiger partial charge in [0.1, 0.15) is 0 Å². The van der Waals surface area contributed by atoms with Gasteiger partial charge in [-0.05, 0) is 26.3 Å². The molecule has 17 heavy (non-hydrogen) atoms. The van der Waals surface area contributed by atoms with Gasteiger partial charge in [-0.1, -0.05) is 0 Å². The summed E-state index contributed by atoms with van der Waals surface area (Å²) in [6, 6.07) is 0. The van der Waals surface area contributed by atoms with E-state index in [1.54, 1.807) is 6.20 Å². The Balaban J connectivity index is 2.36. The molecule has 2 nitrogen and oxygen atoms in total. The normalized spacial score (nSPS) is 13.1. The largest absolute Gasteiger partial charge is 0.389 e. The molecule has 0 N–H and O–H groups in total. The zero-order chi connectivity index (χ0) is 13.1. The summed E-state index contributed by atoms with van der Waals surface area (Å²) >= 11 is 1.28. The van der Waals surface area contributed by atoms with E-state index < -0.39 is 12.6 Å². The van der Waals surface area contributed by atoms with Crippen LogP contribution in [0.25, 0.3) is 0 Å². The summed E-state index contributed by atoms with van der Waals surface area (Å²) < 4.78 is 37.6. The van der Waals surface area contributed by atoms with Gasteiger partial charge >= 0.3 is 6.18 Å². The van der Waals surface area contributed by atoms with Crippen molar-refractivity contribution >= 4 is 11.8 Å². The summed E-state index contributed by atoms with van der Waals surface area (Å²) in [6.45, 7) is 6.09. The van der Waals surface area contributed by atoms with Crippen LogP contribution in [0.2, 0.25) is 0 Å². The minimum absolute atomic E-state index is 0.0884. The van der Waals surface area contributed by atoms with Gasteiger partial charge in [0.05, 0.1) is 18.2 Å². The van der Waals surface area contributed by atoms with Crippen LogP contribution in [-0.2, 0) is 11.3 Å². The van der Waals surface area contributed by atoms with Crippen molar-refractivity contribution < 1.29 is 13.2 Å². The van der Waals surface area contributed by atoms with Gasteiger partial charge < -0.3 is 0 Å². The first-order valence-electron chi connectivity index (χ1n) is 5.37. The first kappa shape index (κ1) is 14.4. The zero-order valence-corrected chi connectivity index (χ0v) is 11.0. The maximum absolute atomic E-state index is 11.9. The number of alkyl halides is 3. The average molecular weight is 266 g/mol. The molecule has 1 aromatic heterocycles. The molecule has 98 valence electrons. The second-order valence-corrected chi connectivity index (χ2v) is 5.99. The Kier molecular flexibility index (Phi) is 4.52. The lowest BCUT2D eigenvalue weighted by Gasteiger charge is -2.18. The number of hydrogen-bond donors (Lipinski definition) is 0. The number of halogens is 3. The molecule has 0 unspecified atom stereocenters. The second-order valence-electron chi connectivity index (χ2n) is 4.88. The van der Waals surface area contributed by atoms with E-state index in [1.807, 2.05) is 31.6 Å². The van der Waals surface area contributed by atoms with Crippen LogP contribution < -0.4 is 0 Å². The van der Waals surface area contributed by atoms with E-state index in [0.29, 0.717) is 5.75 Å². The summed E-state index contributed by atoms with van der Waals surface area (Å²) in [5.41, 5.74) is 0.877. The van der Waals surface area contributed by atoms with Crippen LogP contribution in [0.3, 0.4) is 0 Å². The molecule has 0 aromatic carbocycles. The van der Waals surface area contributed by atoms with Crippen molar-refractivity contribution in [2.75, 3.05) is 5.75 Å². The molecule has 0 fully saturated rings. The maximum Gasteiger partial charge on any atom is 0.389 e. The zero-order valence-electron chi connectivity index (χ0n) is 10.2. The second kappa shape index (κ2) is 5.33. The van der Waals surface area contributed by atoms with E-state index in [2.05, 4.69) is 5.10 Å². The van der Waals surface area contributed by atoms with Gasteiger partial charge in [-0.25, -0.2) is 0 Å². The van der Waals surface area contributed by atoms with Crippen LogP contribution in [0.1, 0.15) is 32.8 Å². The molecule has 6 heteroatoms. The van der Waals surface area contributed by atoms with Crippen molar-refractivity contribution in [3.05, 3.63) is 18.0 Å². The molecule has 0 atom stereocenters. The molecule has 0 radical (unpaired) electrons. The Morgan fingerprint density at radius 3 is 2.41 bits per heavy atom. The summed E-state index contributed by atoms with van der Waals surface area (Å²) in [6.07, 6.45) is -1.18. The molecule has 1 aromatic rings. The fraction of sp³-hybridized carbons (Fsp3) is 0.727. The van der Waals surface area contributed by atoms with Crippen molar-refractivity contribution in [1.29, 1.82) is 0 Å². The highest BCUT2D eigenvalue weighted by atomic mass is 32.2.